The van der Waals surface area contributed by atoms with Gasteiger partial charge in [0.15, 0.2) is 5.78 Å². The van der Waals surface area contributed by atoms with E-state index < -0.39 is 5.82 Å². The Morgan fingerprint density at radius 1 is 1.50 bits per heavy atom. The van der Waals surface area contributed by atoms with Crippen LogP contribution in [0.3, 0.4) is 0 Å². The maximum Gasteiger partial charge on any atom is 0.166 e. The van der Waals surface area contributed by atoms with Crippen LogP contribution >= 0.6 is 0 Å². The molecule has 0 radical (unpaired) electrons. The summed E-state index contributed by atoms with van der Waals surface area (Å²) in [5, 5.41) is 9.33. The molecule has 0 bridgehead atoms. The van der Waals surface area contributed by atoms with Gasteiger partial charge in [-0.3, -0.25) is 4.79 Å². The van der Waals surface area contributed by atoms with Crippen molar-refractivity contribution < 1.29 is 14.3 Å². The molecular weight excluding hydrogens is 183 g/mol. The first-order valence-corrected chi connectivity index (χ1v) is 4.52. The second kappa shape index (κ2) is 4.22. The number of phenolic OH excluding ortho intramolecular Hbond substituents is 1. The lowest BCUT2D eigenvalue weighted by molar-refractivity contribution is 0.0965. The number of carbonyl (C=O) groups is 1. The normalized spacial score (nSPS) is 10.6. The summed E-state index contributed by atoms with van der Waals surface area (Å²) >= 11 is 0. The number of benzene rings is 1. The van der Waals surface area contributed by atoms with Gasteiger partial charge in [-0.15, -0.1) is 0 Å². The Hall–Kier alpha value is -1.38. The number of rotatable bonds is 3. The van der Waals surface area contributed by atoms with Gasteiger partial charge in [-0.2, -0.15) is 0 Å². The maximum atomic E-state index is 12.8. The van der Waals surface area contributed by atoms with E-state index in [9.17, 15) is 14.3 Å². The third-order valence-corrected chi connectivity index (χ3v) is 1.85. The van der Waals surface area contributed by atoms with E-state index in [-0.39, 0.29) is 23.0 Å². The average Bonchev–Trinajstić information content (AvgIpc) is 2.08. The van der Waals surface area contributed by atoms with E-state index >= 15 is 0 Å². The van der Waals surface area contributed by atoms with E-state index in [1.54, 1.807) is 0 Å². The summed E-state index contributed by atoms with van der Waals surface area (Å²) in [7, 11) is 0. The SMILES string of the molecule is CC(C)CC(=O)c1cc(F)ccc1O. The Bertz CT molecular complexity index is 345. The predicted molar refractivity (Wildman–Crippen MR) is 51.9 cm³/mol. The zero-order valence-electron chi connectivity index (χ0n) is 8.25. The standard InChI is InChI=1S/C11H13FO2/c1-7(2)5-11(14)9-6-8(12)3-4-10(9)13/h3-4,6-7,13H,5H2,1-2H3. The third-order valence-electron chi connectivity index (χ3n) is 1.85. The molecule has 1 aromatic carbocycles. The molecule has 2 nitrogen and oxygen atoms in total. The number of hydrogen-bond acceptors (Lipinski definition) is 2. The molecule has 0 aliphatic rings. The number of Topliss-reactive ketones (excluding diaryl/α,β-unsaturated/α-hetero) is 1. The summed E-state index contributed by atoms with van der Waals surface area (Å²) in [6.07, 6.45) is 0.316. The number of halogens is 1. The molecule has 1 aromatic rings. The lowest BCUT2D eigenvalue weighted by Crippen LogP contribution is -2.04. The molecule has 0 saturated carbocycles. The van der Waals surface area contributed by atoms with Crippen LogP contribution in [-0.4, -0.2) is 10.9 Å². The molecule has 3 heteroatoms. The van der Waals surface area contributed by atoms with Gasteiger partial charge in [0, 0.05) is 6.42 Å². The Kier molecular flexibility index (Phi) is 3.23. The van der Waals surface area contributed by atoms with Crippen LogP contribution < -0.4 is 0 Å². The van der Waals surface area contributed by atoms with E-state index in [0.29, 0.717) is 6.42 Å². The molecule has 1 N–H and O–H groups in total. The Morgan fingerprint density at radius 2 is 2.14 bits per heavy atom. The zero-order chi connectivity index (χ0) is 10.7. The van der Waals surface area contributed by atoms with Crippen LogP contribution in [0.4, 0.5) is 4.39 Å². The van der Waals surface area contributed by atoms with Crippen LogP contribution in [0.2, 0.25) is 0 Å². The summed E-state index contributed by atoms with van der Waals surface area (Å²) in [5.74, 6) is -0.686. The smallest absolute Gasteiger partial charge is 0.166 e. The minimum atomic E-state index is -0.505. The summed E-state index contributed by atoms with van der Waals surface area (Å²) < 4.78 is 12.8. The second-order valence-electron chi connectivity index (χ2n) is 3.68. The van der Waals surface area contributed by atoms with Crippen molar-refractivity contribution in [3.63, 3.8) is 0 Å². The molecule has 1 rings (SSSR count). The number of hydrogen-bond donors (Lipinski definition) is 1. The van der Waals surface area contributed by atoms with Crippen molar-refractivity contribution >= 4 is 5.78 Å². The molecular formula is C11H13FO2. The van der Waals surface area contributed by atoms with Crippen molar-refractivity contribution in [1.29, 1.82) is 0 Å². The fourth-order valence-electron chi connectivity index (χ4n) is 1.21. The van der Waals surface area contributed by atoms with Crippen LogP contribution in [0.5, 0.6) is 5.75 Å². The summed E-state index contributed by atoms with van der Waals surface area (Å²) in [4.78, 5) is 11.5. The quantitative estimate of drug-likeness (QED) is 0.755. The fraction of sp³-hybridized carbons (Fsp3) is 0.364. The highest BCUT2D eigenvalue weighted by Gasteiger charge is 2.13. The van der Waals surface area contributed by atoms with Gasteiger partial charge < -0.3 is 5.11 Å². The first-order chi connectivity index (χ1) is 6.50. The molecule has 0 spiro atoms. The van der Waals surface area contributed by atoms with E-state index in [1.165, 1.54) is 6.07 Å². The zero-order valence-corrected chi connectivity index (χ0v) is 8.25. The predicted octanol–water partition coefficient (Wildman–Crippen LogP) is 2.76. The van der Waals surface area contributed by atoms with Crippen LogP contribution in [0.25, 0.3) is 0 Å². The average molecular weight is 196 g/mol. The Balaban J connectivity index is 2.94. The van der Waals surface area contributed by atoms with Crippen molar-refractivity contribution in [1.82, 2.24) is 0 Å². The molecule has 0 saturated heterocycles. The lowest BCUT2D eigenvalue weighted by Gasteiger charge is -2.05. The van der Waals surface area contributed by atoms with Crippen LogP contribution in [-0.2, 0) is 0 Å². The monoisotopic (exact) mass is 196 g/mol. The first-order valence-electron chi connectivity index (χ1n) is 4.52. The van der Waals surface area contributed by atoms with Gasteiger partial charge in [0.2, 0.25) is 0 Å². The van der Waals surface area contributed by atoms with Crippen molar-refractivity contribution in [2.75, 3.05) is 0 Å². The molecule has 0 unspecified atom stereocenters. The third kappa shape index (κ3) is 2.55. The molecule has 76 valence electrons. The van der Waals surface area contributed by atoms with Gasteiger partial charge in [-0.25, -0.2) is 4.39 Å². The molecule has 0 aliphatic carbocycles. The molecule has 0 aliphatic heterocycles. The summed E-state index contributed by atoms with van der Waals surface area (Å²) in [6, 6.07) is 3.39. The summed E-state index contributed by atoms with van der Waals surface area (Å²) in [5.41, 5.74) is 0.0682. The molecule has 0 heterocycles. The van der Waals surface area contributed by atoms with Gasteiger partial charge in [-0.05, 0) is 24.1 Å². The van der Waals surface area contributed by atoms with Gasteiger partial charge in [-0.1, -0.05) is 13.8 Å². The van der Waals surface area contributed by atoms with Gasteiger partial charge in [0.05, 0.1) is 5.56 Å². The van der Waals surface area contributed by atoms with Gasteiger partial charge in [0.1, 0.15) is 11.6 Å². The van der Waals surface area contributed by atoms with Crippen molar-refractivity contribution in [3.05, 3.63) is 29.6 Å². The highest BCUT2D eigenvalue weighted by atomic mass is 19.1. The van der Waals surface area contributed by atoms with Crippen LogP contribution in [0.15, 0.2) is 18.2 Å². The minimum absolute atomic E-state index is 0.0682. The second-order valence-corrected chi connectivity index (χ2v) is 3.68. The van der Waals surface area contributed by atoms with Crippen molar-refractivity contribution in [2.45, 2.75) is 20.3 Å². The fourth-order valence-corrected chi connectivity index (χ4v) is 1.21. The maximum absolute atomic E-state index is 12.8. The van der Waals surface area contributed by atoms with Crippen molar-refractivity contribution in [2.24, 2.45) is 5.92 Å². The summed E-state index contributed by atoms with van der Waals surface area (Å²) in [6.45, 7) is 3.79. The van der Waals surface area contributed by atoms with Gasteiger partial charge in [0.25, 0.3) is 0 Å². The Morgan fingerprint density at radius 3 is 2.71 bits per heavy atom. The van der Waals surface area contributed by atoms with Crippen molar-refractivity contribution in [3.8, 4) is 5.75 Å². The minimum Gasteiger partial charge on any atom is -0.507 e. The number of ketones is 1. The highest BCUT2D eigenvalue weighted by molar-refractivity contribution is 5.98. The molecule has 0 atom stereocenters. The first kappa shape index (κ1) is 10.7. The largest absolute Gasteiger partial charge is 0.507 e. The number of carbonyl (C=O) groups excluding carboxylic acids is 1. The molecule has 0 aromatic heterocycles. The Labute approximate surface area is 82.4 Å². The van der Waals surface area contributed by atoms with Crippen LogP contribution in [0.1, 0.15) is 30.6 Å². The van der Waals surface area contributed by atoms with E-state index in [0.717, 1.165) is 12.1 Å². The van der Waals surface area contributed by atoms with E-state index in [1.807, 2.05) is 13.8 Å². The molecule has 0 fully saturated rings. The number of aromatic hydroxyl groups is 1. The lowest BCUT2D eigenvalue weighted by atomic mass is 10.0. The number of phenols is 1. The van der Waals surface area contributed by atoms with E-state index in [2.05, 4.69) is 0 Å². The topological polar surface area (TPSA) is 37.3 Å². The van der Waals surface area contributed by atoms with E-state index in [4.69, 9.17) is 0 Å². The molecule has 0 amide bonds. The molecule has 14 heavy (non-hydrogen) atoms. The van der Waals surface area contributed by atoms with Crippen LogP contribution in [0, 0.1) is 11.7 Å². The van der Waals surface area contributed by atoms with Gasteiger partial charge >= 0.3 is 0 Å². The highest BCUT2D eigenvalue weighted by Crippen LogP contribution is 2.20.